The van der Waals surface area contributed by atoms with Gasteiger partial charge in [0.05, 0.1) is 21.7 Å². The standard InChI is InChI=1S/C13H12Cl3N3O2/c1-2-3-20-12-11(17)13(19-6-18-12)21-10-5-8(15)7(14)4-9(10)16/h4-6H,2-3,17H2,1H3. The predicted octanol–water partition coefficient (Wildman–Crippen LogP) is 4.60. The van der Waals surface area contributed by atoms with E-state index in [0.29, 0.717) is 21.7 Å². The van der Waals surface area contributed by atoms with Crippen LogP contribution in [0.3, 0.4) is 0 Å². The maximum absolute atomic E-state index is 6.04. The molecule has 0 amide bonds. The van der Waals surface area contributed by atoms with Gasteiger partial charge in [-0.1, -0.05) is 41.7 Å². The molecule has 0 saturated heterocycles. The van der Waals surface area contributed by atoms with Crippen LogP contribution in [-0.4, -0.2) is 16.6 Å². The highest BCUT2D eigenvalue weighted by molar-refractivity contribution is 6.43. The second-order valence-electron chi connectivity index (χ2n) is 4.04. The maximum atomic E-state index is 6.04. The summed E-state index contributed by atoms with van der Waals surface area (Å²) < 4.78 is 11.0. The molecule has 2 N–H and O–H groups in total. The van der Waals surface area contributed by atoms with Gasteiger partial charge in [0, 0.05) is 6.07 Å². The minimum atomic E-state index is 0.136. The van der Waals surface area contributed by atoms with Gasteiger partial charge in [0.15, 0.2) is 5.69 Å². The Morgan fingerprint density at radius 2 is 1.71 bits per heavy atom. The number of nitrogens with two attached hydrogens (primary N) is 1. The van der Waals surface area contributed by atoms with Crippen LogP contribution < -0.4 is 15.2 Å². The number of ether oxygens (including phenoxy) is 2. The maximum Gasteiger partial charge on any atom is 0.249 e. The molecule has 1 heterocycles. The first-order chi connectivity index (χ1) is 10.0. The highest BCUT2D eigenvalue weighted by Crippen LogP contribution is 2.38. The number of aromatic nitrogens is 2. The zero-order chi connectivity index (χ0) is 15.4. The SMILES string of the molecule is CCCOc1ncnc(Oc2cc(Cl)c(Cl)cc2Cl)c1N. The van der Waals surface area contributed by atoms with E-state index < -0.39 is 0 Å². The largest absolute Gasteiger partial charge is 0.476 e. The molecule has 2 rings (SSSR count). The number of benzene rings is 1. The van der Waals surface area contributed by atoms with E-state index in [1.807, 2.05) is 6.92 Å². The molecule has 0 aliphatic rings. The van der Waals surface area contributed by atoms with E-state index in [1.54, 1.807) is 0 Å². The Morgan fingerprint density at radius 3 is 2.43 bits per heavy atom. The molecule has 1 aromatic heterocycles. The van der Waals surface area contributed by atoms with Crippen molar-refractivity contribution in [3.8, 4) is 17.5 Å². The van der Waals surface area contributed by atoms with E-state index in [4.69, 9.17) is 50.0 Å². The van der Waals surface area contributed by atoms with Crippen molar-refractivity contribution >= 4 is 40.5 Å². The number of anilines is 1. The molecular weight excluding hydrogens is 337 g/mol. The molecule has 0 aliphatic carbocycles. The van der Waals surface area contributed by atoms with Crippen LogP contribution in [0.25, 0.3) is 0 Å². The zero-order valence-corrected chi connectivity index (χ0v) is 13.3. The summed E-state index contributed by atoms with van der Waals surface area (Å²) in [4.78, 5) is 7.92. The van der Waals surface area contributed by atoms with Crippen LogP contribution in [-0.2, 0) is 0 Å². The Hall–Kier alpha value is -1.43. The quantitative estimate of drug-likeness (QED) is 0.800. The molecule has 0 atom stereocenters. The van der Waals surface area contributed by atoms with Crippen LogP contribution in [0.2, 0.25) is 15.1 Å². The lowest BCUT2D eigenvalue weighted by molar-refractivity contribution is 0.304. The van der Waals surface area contributed by atoms with Crippen molar-refractivity contribution in [2.75, 3.05) is 12.3 Å². The van der Waals surface area contributed by atoms with Gasteiger partial charge in [0.1, 0.15) is 12.1 Å². The van der Waals surface area contributed by atoms with Gasteiger partial charge in [-0.25, -0.2) is 0 Å². The van der Waals surface area contributed by atoms with Gasteiger partial charge in [-0.2, -0.15) is 9.97 Å². The molecule has 8 heteroatoms. The third kappa shape index (κ3) is 3.81. The number of rotatable bonds is 5. The van der Waals surface area contributed by atoms with Crippen LogP contribution >= 0.6 is 34.8 Å². The Labute approximate surface area is 136 Å². The van der Waals surface area contributed by atoms with Crippen molar-refractivity contribution in [2.45, 2.75) is 13.3 Å². The van der Waals surface area contributed by atoms with Crippen molar-refractivity contribution in [2.24, 2.45) is 0 Å². The summed E-state index contributed by atoms with van der Waals surface area (Å²) in [7, 11) is 0. The van der Waals surface area contributed by atoms with E-state index in [1.165, 1.54) is 18.5 Å². The Bertz CT molecular complexity index is 653. The van der Waals surface area contributed by atoms with E-state index in [2.05, 4.69) is 9.97 Å². The van der Waals surface area contributed by atoms with E-state index >= 15 is 0 Å². The first-order valence-electron chi connectivity index (χ1n) is 6.08. The van der Waals surface area contributed by atoms with Crippen molar-refractivity contribution in [3.05, 3.63) is 33.5 Å². The van der Waals surface area contributed by atoms with Gasteiger partial charge >= 0.3 is 0 Å². The average Bonchev–Trinajstić information content (AvgIpc) is 2.45. The second-order valence-corrected chi connectivity index (χ2v) is 5.27. The molecule has 0 unspecified atom stereocenters. The highest BCUT2D eigenvalue weighted by Gasteiger charge is 2.14. The van der Waals surface area contributed by atoms with Gasteiger partial charge in [-0.15, -0.1) is 0 Å². The summed E-state index contributed by atoms with van der Waals surface area (Å²) in [6.07, 6.45) is 2.13. The highest BCUT2D eigenvalue weighted by atomic mass is 35.5. The monoisotopic (exact) mass is 347 g/mol. The molecule has 0 saturated carbocycles. The van der Waals surface area contributed by atoms with Crippen LogP contribution in [0.4, 0.5) is 5.69 Å². The first kappa shape index (κ1) is 15.9. The summed E-state index contributed by atoms with van der Waals surface area (Å²) in [6, 6.07) is 2.97. The molecule has 2 aromatic rings. The van der Waals surface area contributed by atoms with Crippen LogP contribution in [0.1, 0.15) is 13.3 Å². The number of nitrogen functional groups attached to an aromatic ring is 1. The molecule has 112 valence electrons. The molecule has 1 aromatic carbocycles. The molecule has 0 fully saturated rings. The zero-order valence-electron chi connectivity index (χ0n) is 11.1. The van der Waals surface area contributed by atoms with Crippen molar-refractivity contribution < 1.29 is 9.47 Å². The summed E-state index contributed by atoms with van der Waals surface area (Å²) in [5.41, 5.74) is 6.10. The van der Waals surface area contributed by atoms with Crippen molar-refractivity contribution in [1.29, 1.82) is 0 Å². The fraction of sp³-hybridized carbons (Fsp3) is 0.231. The summed E-state index contributed by atoms with van der Waals surface area (Å²) in [6.45, 7) is 2.47. The molecule has 21 heavy (non-hydrogen) atoms. The minimum Gasteiger partial charge on any atom is -0.476 e. The topological polar surface area (TPSA) is 70.3 Å². The lowest BCUT2D eigenvalue weighted by Crippen LogP contribution is -2.04. The number of nitrogens with zero attached hydrogens (tertiary/aromatic N) is 2. The van der Waals surface area contributed by atoms with Crippen molar-refractivity contribution in [3.63, 3.8) is 0 Å². The van der Waals surface area contributed by atoms with Crippen LogP contribution in [0.5, 0.6) is 17.5 Å². The lowest BCUT2D eigenvalue weighted by Gasteiger charge is -2.12. The van der Waals surface area contributed by atoms with E-state index in [9.17, 15) is 0 Å². The summed E-state index contributed by atoms with van der Waals surface area (Å²) >= 11 is 17.8. The first-order valence-corrected chi connectivity index (χ1v) is 7.22. The molecule has 0 bridgehead atoms. The Morgan fingerprint density at radius 1 is 1.05 bits per heavy atom. The molecule has 0 radical (unpaired) electrons. The van der Waals surface area contributed by atoms with Gasteiger partial charge < -0.3 is 15.2 Å². The fourth-order valence-electron chi connectivity index (χ4n) is 1.45. The Kier molecular flexibility index (Phi) is 5.33. The Balaban J connectivity index is 2.29. The third-order valence-electron chi connectivity index (χ3n) is 2.44. The summed E-state index contributed by atoms with van der Waals surface area (Å²) in [5, 5.41) is 0.932. The average molecular weight is 349 g/mol. The van der Waals surface area contributed by atoms with Crippen LogP contribution in [0.15, 0.2) is 18.5 Å². The number of hydrogen-bond acceptors (Lipinski definition) is 5. The second kappa shape index (κ2) is 7.02. The lowest BCUT2D eigenvalue weighted by atomic mass is 10.3. The normalized spacial score (nSPS) is 10.5. The van der Waals surface area contributed by atoms with Crippen LogP contribution in [0, 0.1) is 0 Å². The number of halogens is 3. The number of hydrogen-bond donors (Lipinski definition) is 1. The third-order valence-corrected chi connectivity index (χ3v) is 3.45. The predicted molar refractivity (Wildman–Crippen MR) is 83.8 cm³/mol. The van der Waals surface area contributed by atoms with Gasteiger partial charge in [0.25, 0.3) is 0 Å². The van der Waals surface area contributed by atoms with Gasteiger partial charge in [0.2, 0.25) is 11.8 Å². The summed E-state index contributed by atoms with van der Waals surface area (Å²) in [5.74, 6) is 0.687. The van der Waals surface area contributed by atoms with Gasteiger partial charge in [-0.3, -0.25) is 0 Å². The molecular formula is C13H12Cl3N3O2. The fourth-order valence-corrected chi connectivity index (χ4v) is 2.02. The van der Waals surface area contributed by atoms with E-state index in [0.717, 1.165) is 6.42 Å². The smallest absolute Gasteiger partial charge is 0.249 e. The molecule has 0 aliphatic heterocycles. The van der Waals surface area contributed by atoms with Gasteiger partial charge in [-0.05, 0) is 12.5 Å². The minimum absolute atomic E-state index is 0.136. The molecule has 5 nitrogen and oxygen atoms in total. The van der Waals surface area contributed by atoms with E-state index in [-0.39, 0.29) is 23.2 Å². The van der Waals surface area contributed by atoms with Crippen molar-refractivity contribution in [1.82, 2.24) is 9.97 Å². The molecule has 0 spiro atoms.